The second-order valence-corrected chi connectivity index (χ2v) is 6.28. The number of thiocarbonyl (C=S) groups is 1. The quantitative estimate of drug-likeness (QED) is 0.619. The van der Waals surface area contributed by atoms with Crippen molar-refractivity contribution in [2.24, 2.45) is 23.7 Å². The summed E-state index contributed by atoms with van der Waals surface area (Å²) in [5.41, 5.74) is 0.833. The number of nitrogens with zero attached hydrogens (tertiary/aromatic N) is 1. The molecule has 110 valence electrons. The smallest absolute Gasteiger partial charge is 0.236 e. The summed E-state index contributed by atoms with van der Waals surface area (Å²) in [7, 11) is 1.63. The molecule has 1 aliphatic heterocycles. The fourth-order valence-corrected chi connectivity index (χ4v) is 3.95. The van der Waals surface area contributed by atoms with Crippen LogP contribution in [0.1, 0.15) is 13.8 Å². The van der Waals surface area contributed by atoms with Gasteiger partial charge < -0.3 is 4.74 Å². The van der Waals surface area contributed by atoms with E-state index >= 15 is 0 Å². The molecule has 2 aliphatic rings. The summed E-state index contributed by atoms with van der Waals surface area (Å²) in [6.45, 7) is 4.23. The van der Waals surface area contributed by atoms with Gasteiger partial charge in [0.05, 0.1) is 18.0 Å². The number of amides is 1. The zero-order valence-electron chi connectivity index (χ0n) is 12.4. The van der Waals surface area contributed by atoms with Crippen molar-refractivity contribution >= 4 is 28.8 Å². The van der Waals surface area contributed by atoms with E-state index in [1.807, 2.05) is 24.3 Å². The number of rotatable bonds is 2. The van der Waals surface area contributed by atoms with Crippen molar-refractivity contribution in [2.75, 3.05) is 12.0 Å². The molecule has 0 unspecified atom stereocenters. The average molecular weight is 301 g/mol. The first kappa shape index (κ1) is 14.3. The SMILES string of the molecule is COc1ccc(N2C(=O)[C@@H]3[C@H](C2=S)[C@H](C)C=C[C@@H]3C)cc1. The third kappa shape index (κ3) is 2.18. The number of benzene rings is 1. The highest BCUT2D eigenvalue weighted by atomic mass is 32.1. The van der Waals surface area contributed by atoms with Gasteiger partial charge in [0.2, 0.25) is 5.91 Å². The Morgan fingerprint density at radius 3 is 2.14 bits per heavy atom. The maximum absolute atomic E-state index is 12.8. The van der Waals surface area contributed by atoms with E-state index in [0.29, 0.717) is 5.92 Å². The number of ether oxygens (including phenoxy) is 1. The highest BCUT2D eigenvalue weighted by molar-refractivity contribution is 7.80. The van der Waals surface area contributed by atoms with Gasteiger partial charge in [-0.1, -0.05) is 38.2 Å². The van der Waals surface area contributed by atoms with Crippen LogP contribution in [-0.4, -0.2) is 18.0 Å². The van der Waals surface area contributed by atoms with Crippen LogP contribution in [0.2, 0.25) is 0 Å². The van der Waals surface area contributed by atoms with Gasteiger partial charge in [-0.15, -0.1) is 0 Å². The van der Waals surface area contributed by atoms with Gasteiger partial charge in [0.25, 0.3) is 0 Å². The normalized spacial score (nSPS) is 31.5. The van der Waals surface area contributed by atoms with Gasteiger partial charge in [0.1, 0.15) is 5.75 Å². The Labute approximate surface area is 130 Å². The predicted molar refractivity (Wildman–Crippen MR) is 87.5 cm³/mol. The van der Waals surface area contributed by atoms with Crippen molar-refractivity contribution in [1.82, 2.24) is 0 Å². The maximum atomic E-state index is 12.8. The van der Waals surface area contributed by atoms with Crippen molar-refractivity contribution < 1.29 is 9.53 Å². The molecule has 1 aromatic rings. The summed E-state index contributed by atoms with van der Waals surface area (Å²) in [5.74, 6) is 1.55. The third-order valence-corrected chi connectivity index (χ3v) is 5.03. The Balaban J connectivity index is 1.97. The van der Waals surface area contributed by atoms with Gasteiger partial charge >= 0.3 is 0 Å². The molecule has 3 rings (SSSR count). The third-order valence-electron chi connectivity index (χ3n) is 4.58. The largest absolute Gasteiger partial charge is 0.497 e. The van der Waals surface area contributed by atoms with Crippen LogP contribution >= 0.6 is 12.2 Å². The van der Waals surface area contributed by atoms with Gasteiger partial charge in [0.15, 0.2) is 0 Å². The summed E-state index contributed by atoms with van der Waals surface area (Å²) in [4.78, 5) is 15.3. The second kappa shape index (κ2) is 5.26. The zero-order valence-corrected chi connectivity index (χ0v) is 13.3. The Hall–Kier alpha value is -1.68. The molecule has 1 aliphatic carbocycles. The number of carbonyl (C=O) groups excluding carboxylic acids is 1. The van der Waals surface area contributed by atoms with Crippen LogP contribution in [0.25, 0.3) is 0 Å². The molecular weight excluding hydrogens is 282 g/mol. The molecule has 0 aromatic heterocycles. The van der Waals surface area contributed by atoms with Crippen LogP contribution in [0.15, 0.2) is 36.4 Å². The molecule has 3 nitrogen and oxygen atoms in total. The first-order chi connectivity index (χ1) is 10.0. The maximum Gasteiger partial charge on any atom is 0.236 e. The highest BCUT2D eigenvalue weighted by Crippen LogP contribution is 2.43. The molecule has 1 aromatic carbocycles. The number of hydrogen-bond acceptors (Lipinski definition) is 3. The number of anilines is 1. The van der Waals surface area contributed by atoms with Gasteiger partial charge in [-0.3, -0.25) is 9.69 Å². The molecule has 0 N–H and O–H groups in total. The summed E-state index contributed by atoms with van der Waals surface area (Å²) in [6.07, 6.45) is 4.33. The van der Waals surface area contributed by atoms with E-state index in [2.05, 4.69) is 26.0 Å². The van der Waals surface area contributed by atoms with E-state index in [1.165, 1.54) is 0 Å². The first-order valence-electron chi connectivity index (χ1n) is 7.24. The topological polar surface area (TPSA) is 29.5 Å². The molecule has 0 bridgehead atoms. The monoisotopic (exact) mass is 301 g/mol. The molecule has 21 heavy (non-hydrogen) atoms. The van der Waals surface area contributed by atoms with Crippen molar-refractivity contribution in [3.63, 3.8) is 0 Å². The minimum atomic E-state index is -0.0281. The standard InChI is InChI=1S/C17H19NO2S/c1-10-4-5-11(2)15-14(10)16(19)18(17(15)21)12-6-8-13(20-3)9-7-12/h4-11,14-15H,1-3H3/t10-,11+,14-,15+/m0/s1. The molecular formula is C17H19NO2S. The highest BCUT2D eigenvalue weighted by Gasteiger charge is 2.50. The van der Waals surface area contributed by atoms with E-state index in [0.717, 1.165) is 16.4 Å². The molecule has 0 radical (unpaired) electrons. The fraction of sp³-hybridized carbons (Fsp3) is 0.412. The van der Waals surface area contributed by atoms with E-state index in [1.54, 1.807) is 12.0 Å². The Morgan fingerprint density at radius 1 is 1.05 bits per heavy atom. The van der Waals surface area contributed by atoms with Crippen LogP contribution in [-0.2, 0) is 4.79 Å². The molecule has 1 amide bonds. The zero-order chi connectivity index (χ0) is 15.1. The minimum Gasteiger partial charge on any atom is -0.497 e. The lowest BCUT2D eigenvalue weighted by Crippen LogP contribution is -2.31. The van der Waals surface area contributed by atoms with Gasteiger partial charge in [-0.2, -0.15) is 0 Å². The van der Waals surface area contributed by atoms with Crippen LogP contribution in [0, 0.1) is 23.7 Å². The molecule has 0 spiro atoms. The number of methoxy groups -OCH3 is 1. The molecule has 1 fully saturated rings. The summed E-state index contributed by atoms with van der Waals surface area (Å²) in [5, 5.41) is 0. The van der Waals surface area contributed by atoms with Crippen LogP contribution < -0.4 is 9.64 Å². The van der Waals surface area contributed by atoms with Gasteiger partial charge in [0, 0.05) is 11.6 Å². The Bertz CT molecular complexity index is 578. The molecule has 0 saturated carbocycles. The van der Waals surface area contributed by atoms with Gasteiger partial charge in [-0.25, -0.2) is 0 Å². The van der Waals surface area contributed by atoms with E-state index in [9.17, 15) is 4.79 Å². The molecule has 4 heteroatoms. The van der Waals surface area contributed by atoms with Crippen molar-refractivity contribution in [2.45, 2.75) is 13.8 Å². The van der Waals surface area contributed by atoms with E-state index in [4.69, 9.17) is 17.0 Å². The van der Waals surface area contributed by atoms with Crippen molar-refractivity contribution in [3.8, 4) is 5.75 Å². The summed E-state index contributed by atoms with van der Waals surface area (Å²) < 4.78 is 5.17. The molecule has 1 heterocycles. The lowest BCUT2D eigenvalue weighted by atomic mass is 9.73. The average Bonchev–Trinajstić information content (AvgIpc) is 2.76. The molecule has 1 saturated heterocycles. The van der Waals surface area contributed by atoms with Crippen LogP contribution in [0.5, 0.6) is 5.75 Å². The molecule has 4 atom stereocenters. The van der Waals surface area contributed by atoms with Gasteiger partial charge in [-0.05, 0) is 36.1 Å². The lowest BCUT2D eigenvalue weighted by molar-refractivity contribution is -0.122. The Morgan fingerprint density at radius 2 is 1.62 bits per heavy atom. The lowest BCUT2D eigenvalue weighted by Gasteiger charge is -2.28. The van der Waals surface area contributed by atoms with E-state index < -0.39 is 0 Å². The predicted octanol–water partition coefficient (Wildman–Crippen LogP) is 3.44. The van der Waals surface area contributed by atoms with Crippen molar-refractivity contribution in [1.29, 1.82) is 0 Å². The minimum absolute atomic E-state index is 0.0281. The summed E-state index contributed by atoms with van der Waals surface area (Å²) >= 11 is 5.63. The Kier molecular flexibility index (Phi) is 3.57. The van der Waals surface area contributed by atoms with Crippen LogP contribution in [0.3, 0.4) is 0 Å². The first-order valence-corrected chi connectivity index (χ1v) is 7.65. The number of carbonyl (C=O) groups is 1. The van der Waals surface area contributed by atoms with Crippen molar-refractivity contribution in [3.05, 3.63) is 36.4 Å². The second-order valence-electron chi connectivity index (χ2n) is 5.86. The summed E-state index contributed by atoms with van der Waals surface area (Å²) in [6, 6.07) is 7.50. The fourth-order valence-electron chi connectivity index (χ4n) is 3.39. The van der Waals surface area contributed by atoms with E-state index in [-0.39, 0.29) is 23.7 Å². The number of hydrogen-bond donors (Lipinski definition) is 0. The number of allylic oxidation sites excluding steroid dienone is 2. The number of fused-ring (bicyclic) bond motifs is 1. The van der Waals surface area contributed by atoms with Crippen LogP contribution in [0.4, 0.5) is 5.69 Å².